The van der Waals surface area contributed by atoms with Gasteiger partial charge in [0.15, 0.2) is 0 Å². The molecule has 0 aliphatic carbocycles. The average Bonchev–Trinajstić information content (AvgIpc) is 2.27. The number of rotatable bonds is 6. The summed E-state index contributed by atoms with van der Waals surface area (Å²) in [5.41, 5.74) is 2.51. The smallest absolute Gasteiger partial charge is 0.0474 e. The summed E-state index contributed by atoms with van der Waals surface area (Å²) in [6.45, 7) is 5.38. The summed E-state index contributed by atoms with van der Waals surface area (Å²) in [5.74, 6) is 0.596. The summed E-state index contributed by atoms with van der Waals surface area (Å²) >= 11 is 5.79. The van der Waals surface area contributed by atoms with Gasteiger partial charge in [-0.2, -0.15) is 0 Å². The van der Waals surface area contributed by atoms with E-state index in [4.69, 9.17) is 11.6 Å². The Hall–Kier alpha value is -0.530. The van der Waals surface area contributed by atoms with Gasteiger partial charge in [0.2, 0.25) is 0 Å². The Bertz CT molecular complexity index is 286. The minimum atomic E-state index is 0.592. The lowest BCUT2D eigenvalue weighted by atomic mass is 10.1. The van der Waals surface area contributed by atoms with Gasteiger partial charge < -0.3 is 5.32 Å². The number of halogens is 1. The molecular weight excluding hydrogens is 206 g/mol. The lowest BCUT2D eigenvalue weighted by Crippen LogP contribution is -2.25. The fourth-order valence-corrected chi connectivity index (χ4v) is 1.82. The molecule has 2 heteroatoms. The Morgan fingerprint density at radius 2 is 2.07 bits per heavy atom. The van der Waals surface area contributed by atoms with Crippen molar-refractivity contribution in [1.29, 1.82) is 0 Å². The first-order chi connectivity index (χ1) is 7.26. The van der Waals surface area contributed by atoms with Gasteiger partial charge in [0.25, 0.3) is 0 Å². The van der Waals surface area contributed by atoms with Gasteiger partial charge in [0.1, 0.15) is 0 Å². The highest BCUT2D eigenvalue weighted by molar-refractivity contribution is 6.17. The standard InChI is InChI=1S/C13H20ClN/c1-3-5-11(2)15-10-13-7-4-6-12(8-13)9-14/h4,6-8,11,15H,3,5,9-10H2,1-2H3. The molecule has 84 valence electrons. The third-order valence-electron chi connectivity index (χ3n) is 2.52. The van der Waals surface area contributed by atoms with E-state index in [1.54, 1.807) is 0 Å². The van der Waals surface area contributed by atoms with E-state index in [-0.39, 0.29) is 0 Å². The highest BCUT2D eigenvalue weighted by atomic mass is 35.5. The lowest BCUT2D eigenvalue weighted by Gasteiger charge is -2.12. The highest BCUT2D eigenvalue weighted by Crippen LogP contribution is 2.08. The van der Waals surface area contributed by atoms with E-state index in [1.165, 1.54) is 24.0 Å². The lowest BCUT2D eigenvalue weighted by molar-refractivity contribution is 0.508. The summed E-state index contributed by atoms with van der Waals surface area (Å²) in [6, 6.07) is 9.03. The van der Waals surface area contributed by atoms with Crippen LogP contribution in [0.5, 0.6) is 0 Å². The molecule has 0 aliphatic heterocycles. The van der Waals surface area contributed by atoms with Crippen LogP contribution in [0.4, 0.5) is 0 Å². The Labute approximate surface area is 97.8 Å². The van der Waals surface area contributed by atoms with Crippen LogP contribution in [-0.4, -0.2) is 6.04 Å². The van der Waals surface area contributed by atoms with Crippen molar-refractivity contribution >= 4 is 11.6 Å². The van der Waals surface area contributed by atoms with E-state index in [0.717, 1.165) is 6.54 Å². The molecule has 1 aromatic carbocycles. The van der Waals surface area contributed by atoms with Gasteiger partial charge in [0, 0.05) is 18.5 Å². The first kappa shape index (κ1) is 12.5. The zero-order chi connectivity index (χ0) is 11.1. The fraction of sp³-hybridized carbons (Fsp3) is 0.538. The maximum atomic E-state index is 5.79. The van der Waals surface area contributed by atoms with E-state index < -0.39 is 0 Å². The van der Waals surface area contributed by atoms with E-state index in [0.29, 0.717) is 11.9 Å². The average molecular weight is 226 g/mol. The molecule has 1 rings (SSSR count). The summed E-state index contributed by atoms with van der Waals surface area (Å²) in [7, 11) is 0. The monoisotopic (exact) mass is 225 g/mol. The van der Waals surface area contributed by atoms with E-state index in [1.807, 2.05) is 0 Å². The van der Waals surface area contributed by atoms with Crippen molar-refractivity contribution < 1.29 is 0 Å². The number of hydrogen-bond acceptors (Lipinski definition) is 1. The van der Waals surface area contributed by atoms with Crippen LogP contribution >= 0.6 is 11.6 Å². The second-order valence-electron chi connectivity index (χ2n) is 4.02. The zero-order valence-corrected chi connectivity index (χ0v) is 10.3. The third kappa shape index (κ3) is 4.67. The molecule has 15 heavy (non-hydrogen) atoms. The molecule has 1 unspecified atom stereocenters. The summed E-state index contributed by atoms with van der Waals surface area (Å²) in [5, 5.41) is 3.51. The van der Waals surface area contributed by atoms with Crippen molar-refractivity contribution in [3.63, 3.8) is 0 Å². The van der Waals surface area contributed by atoms with Crippen LogP contribution in [0.2, 0.25) is 0 Å². The SMILES string of the molecule is CCCC(C)NCc1cccc(CCl)c1. The summed E-state index contributed by atoms with van der Waals surface area (Å²) < 4.78 is 0. The van der Waals surface area contributed by atoms with Gasteiger partial charge in [-0.3, -0.25) is 0 Å². The van der Waals surface area contributed by atoms with Gasteiger partial charge in [0.05, 0.1) is 0 Å². The van der Waals surface area contributed by atoms with Crippen LogP contribution in [0, 0.1) is 0 Å². The molecule has 0 saturated carbocycles. The van der Waals surface area contributed by atoms with Gasteiger partial charge in [-0.15, -0.1) is 11.6 Å². The van der Waals surface area contributed by atoms with Crippen molar-refractivity contribution in [3.05, 3.63) is 35.4 Å². The largest absolute Gasteiger partial charge is 0.310 e. The van der Waals surface area contributed by atoms with Gasteiger partial charge in [-0.1, -0.05) is 37.6 Å². The van der Waals surface area contributed by atoms with Gasteiger partial charge in [-0.05, 0) is 24.5 Å². The normalized spacial score (nSPS) is 12.7. The fourth-order valence-electron chi connectivity index (χ4n) is 1.65. The Balaban J connectivity index is 2.43. The molecule has 0 amide bonds. The Morgan fingerprint density at radius 3 is 2.73 bits per heavy atom. The maximum absolute atomic E-state index is 5.79. The second-order valence-corrected chi connectivity index (χ2v) is 4.29. The molecule has 0 saturated heterocycles. The van der Waals surface area contributed by atoms with Crippen molar-refractivity contribution in [2.24, 2.45) is 0 Å². The van der Waals surface area contributed by atoms with Gasteiger partial charge in [-0.25, -0.2) is 0 Å². The number of alkyl halides is 1. The minimum absolute atomic E-state index is 0.592. The molecule has 0 aromatic heterocycles. The summed E-state index contributed by atoms with van der Waals surface area (Å²) in [4.78, 5) is 0. The quantitative estimate of drug-likeness (QED) is 0.728. The molecule has 0 aliphatic rings. The number of hydrogen-bond donors (Lipinski definition) is 1. The van der Waals surface area contributed by atoms with Crippen LogP contribution in [-0.2, 0) is 12.4 Å². The molecule has 0 bridgehead atoms. The second kappa shape index (κ2) is 6.86. The zero-order valence-electron chi connectivity index (χ0n) is 9.59. The van der Waals surface area contributed by atoms with Crippen LogP contribution < -0.4 is 5.32 Å². The topological polar surface area (TPSA) is 12.0 Å². The highest BCUT2D eigenvalue weighted by Gasteiger charge is 2.00. The van der Waals surface area contributed by atoms with Crippen molar-refractivity contribution in [1.82, 2.24) is 5.32 Å². The minimum Gasteiger partial charge on any atom is -0.310 e. The van der Waals surface area contributed by atoms with Crippen molar-refractivity contribution in [3.8, 4) is 0 Å². The molecule has 0 spiro atoms. The van der Waals surface area contributed by atoms with E-state index >= 15 is 0 Å². The predicted octanol–water partition coefficient (Wildman–Crippen LogP) is 3.70. The van der Waals surface area contributed by atoms with Crippen molar-refractivity contribution in [2.75, 3.05) is 0 Å². The summed E-state index contributed by atoms with van der Waals surface area (Å²) in [6.07, 6.45) is 2.46. The molecule has 1 nitrogen and oxygen atoms in total. The van der Waals surface area contributed by atoms with Crippen LogP contribution in [0.15, 0.2) is 24.3 Å². The predicted molar refractivity (Wildman–Crippen MR) is 67.2 cm³/mol. The molecule has 0 fully saturated rings. The number of nitrogens with one attached hydrogen (secondary N) is 1. The van der Waals surface area contributed by atoms with Crippen LogP contribution in [0.1, 0.15) is 37.8 Å². The molecule has 0 radical (unpaired) electrons. The Morgan fingerprint density at radius 1 is 1.33 bits per heavy atom. The first-order valence-electron chi connectivity index (χ1n) is 5.63. The third-order valence-corrected chi connectivity index (χ3v) is 2.83. The first-order valence-corrected chi connectivity index (χ1v) is 6.17. The van der Waals surface area contributed by atoms with Crippen LogP contribution in [0.25, 0.3) is 0 Å². The van der Waals surface area contributed by atoms with Crippen LogP contribution in [0.3, 0.4) is 0 Å². The van der Waals surface area contributed by atoms with E-state index in [2.05, 4.69) is 43.4 Å². The maximum Gasteiger partial charge on any atom is 0.0474 e. The Kier molecular flexibility index (Phi) is 5.74. The molecule has 1 aromatic rings. The molecule has 1 atom stereocenters. The molecule has 1 N–H and O–H groups in total. The molecule has 0 heterocycles. The van der Waals surface area contributed by atoms with Gasteiger partial charge >= 0.3 is 0 Å². The van der Waals surface area contributed by atoms with Crippen molar-refractivity contribution in [2.45, 2.75) is 45.2 Å². The van der Waals surface area contributed by atoms with E-state index in [9.17, 15) is 0 Å². The molecular formula is C13H20ClN. The number of benzene rings is 1.